The first kappa shape index (κ1) is 8.43. The van der Waals surface area contributed by atoms with Crippen molar-refractivity contribution in [3.05, 3.63) is 42.9 Å². The molecule has 0 bridgehead atoms. The molecule has 2 heterocycles. The molecule has 0 aliphatic heterocycles. The standard InChI is InChI=1S/C7H6N2.C2H3N3/c1-2-4-7-6(3-1)5-8-9-7;1-2-4-5-3-1/h1-5H,(H,8,9);1-2H,(H,3,4,5). The van der Waals surface area contributed by atoms with E-state index < -0.39 is 0 Å². The van der Waals surface area contributed by atoms with Crippen molar-refractivity contribution in [2.45, 2.75) is 0 Å². The predicted octanol–water partition coefficient (Wildman–Crippen LogP) is 1.37. The normalized spacial score (nSPS) is 9.43. The van der Waals surface area contributed by atoms with E-state index >= 15 is 0 Å². The van der Waals surface area contributed by atoms with Crippen LogP contribution in [0.2, 0.25) is 0 Å². The summed E-state index contributed by atoms with van der Waals surface area (Å²) < 4.78 is 0. The van der Waals surface area contributed by atoms with E-state index in [4.69, 9.17) is 0 Å². The summed E-state index contributed by atoms with van der Waals surface area (Å²) in [7, 11) is 0. The van der Waals surface area contributed by atoms with Gasteiger partial charge in [0.25, 0.3) is 0 Å². The third kappa shape index (κ3) is 1.95. The molecule has 0 unspecified atom stereocenters. The molecule has 1 aromatic carbocycles. The second-order valence-electron chi connectivity index (χ2n) is 2.62. The van der Waals surface area contributed by atoms with Crippen LogP contribution in [0.5, 0.6) is 0 Å². The van der Waals surface area contributed by atoms with Gasteiger partial charge in [-0.25, -0.2) is 0 Å². The van der Waals surface area contributed by atoms with Gasteiger partial charge in [-0.1, -0.05) is 23.4 Å². The Morgan fingerprint density at radius 1 is 1.14 bits per heavy atom. The Hall–Kier alpha value is -2.17. The van der Waals surface area contributed by atoms with Crippen LogP contribution in [-0.2, 0) is 0 Å². The second kappa shape index (κ2) is 4.18. The van der Waals surface area contributed by atoms with Crippen LogP contribution in [0, 0.1) is 0 Å². The molecule has 0 saturated heterocycles. The Bertz CT molecular complexity index is 423. The number of aromatic amines is 2. The Morgan fingerprint density at radius 2 is 2.07 bits per heavy atom. The monoisotopic (exact) mass is 187 g/mol. The van der Waals surface area contributed by atoms with Crippen molar-refractivity contribution in [2.75, 3.05) is 0 Å². The van der Waals surface area contributed by atoms with Gasteiger partial charge < -0.3 is 0 Å². The minimum atomic E-state index is 1.09. The molecule has 0 aliphatic rings. The summed E-state index contributed by atoms with van der Waals surface area (Å²) in [6.07, 6.45) is 5.05. The van der Waals surface area contributed by atoms with Crippen molar-refractivity contribution >= 4 is 10.9 Å². The van der Waals surface area contributed by atoms with E-state index in [9.17, 15) is 0 Å². The van der Waals surface area contributed by atoms with Crippen LogP contribution in [0.15, 0.2) is 42.9 Å². The lowest BCUT2D eigenvalue weighted by Gasteiger charge is -1.81. The maximum atomic E-state index is 3.88. The van der Waals surface area contributed by atoms with Gasteiger partial charge in [-0.05, 0) is 6.07 Å². The number of fused-ring (bicyclic) bond motifs is 1. The van der Waals surface area contributed by atoms with Crippen molar-refractivity contribution in [3.8, 4) is 0 Å². The van der Waals surface area contributed by atoms with Crippen molar-refractivity contribution < 1.29 is 0 Å². The Morgan fingerprint density at radius 3 is 2.71 bits per heavy atom. The van der Waals surface area contributed by atoms with Gasteiger partial charge in [0.15, 0.2) is 0 Å². The molecular weight excluding hydrogens is 178 g/mol. The summed E-state index contributed by atoms with van der Waals surface area (Å²) in [5.41, 5.74) is 1.09. The predicted molar refractivity (Wildman–Crippen MR) is 52.5 cm³/mol. The highest BCUT2D eigenvalue weighted by Crippen LogP contribution is 2.06. The zero-order valence-electron chi connectivity index (χ0n) is 7.38. The first-order chi connectivity index (χ1) is 6.97. The van der Waals surface area contributed by atoms with Gasteiger partial charge in [0.2, 0.25) is 0 Å². The zero-order valence-corrected chi connectivity index (χ0v) is 7.38. The summed E-state index contributed by atoms with van der Waals surface area (Å²) >= 11 is 0. The van der Waals surface area contributed by atoms with Crippen molar-refractivity contribution in [2.24, 2.45) is 0 Å². The van der Waals surface area contributed by atoms with Crippen LogP contribution in [0.25, 0.3) is 10.9 Å². The highest BCUT2D eigenvalue weighted by atomic mass is 15.3. The summed E-state index contributed by atoms with van der Waals surface area (Å²) in [6.45, 7) is 0. The molecule has 2 N–H and O–H groups in total. The molecule has 0 aliphatic carbocycles. The van der Waals surface area contributed by atoms with Gasteiger partial charge in [0, 0.05) is 11.6 Å². The Kier molecular flexibility index (Phi) is 2.51. The van der Waals surface area contributed by atoms with Crippen LogP contribution in [0.3, 0.4) is 0 Å². The van der Waals surface area contributed by atoms with E-state index in [-0.39, 0.29) is 0 Å². The van der Waals surface area contributed by atoms with Gasteiger partial charge in [-0.2, -0.15) is 5.10 Å². The number of hydrogen-bond donors (Lipinski definition) is 2. The quantitative estimate of drug-likeness (QED) is 0.558. The number of hydrogen-bond acceptors (Lipinski definition) is 3. The topological polar surface area (TPSA) is 70.2 Å². The summed E-state index contributed by atoms with van der Waals surface area (Å²) in [4.78, 5) is 0. The van der Waals surface area contributed by atoms with E-state index in [1.165, 1.54) is 0 Å². The minimum absolute atomic E-state index is 1.09. The first-order valence-corrected chi connectivity index (χ1v) is 4.15. The summed E-state index contributed by atoms with van der Waals surface area (Å²) in [5.74, 6) is 0. The highest BCUT2D eigenvalue weighted by molar-refractivity contribution is 5.77. The van der Waals surface area contributed by atoms with Gasteiger partial charge in [-0.15, -0.1) is 5.10 Å². The summed E-state index contributed by atoms with van der Waals surface area (Å²) in [5, 5.41) is 17.2. The van der Waals surface area contributed by atoms with Gasteiger partial charge >= 0.3 is 0 Å². The molecule has 2 aromatic heterocycles. The van der Waals surface area contributed by atoms with Crippen LogP contribution >= 0.6 is 0 Å². The first-order valence-electron chi connectivity index (χ1n) is 4.15. The van der Waals surface area contributed by atoms with E-state index in [0.717, 1.165) is 10.9 Å². The van der Waals surface area contributed by atoms with E-state index in [0.29, 0.717) is 0 Å². The largest absolute Gasteiger partial charge is 0.278 e. The van der Waals surface area contributed by atoms with Crippen molar-refractivity contribution in [3.63, 3.8) is 0 Å². The molecular formula is C9H9N5. The number of nitrogens with zero attached hydrogens (tertiary/aromatic N) is 3. The number of benzene rings is 1. The molecule has 0 atom stereocenters. The van der Waals surface area contributed by atoms with E-state index in [1.54, 1.807) is 12.4 Å². The fourth-order valence-electron chi connectivity index (χ4n) is 1.05. The fourth-order valence-corrected chi connectivity index (χ4v) is 1.05. The lowest BCUT2D eigenvalue weighted by molar-refractivity contribution is 0.940. The molecule has 0 radical (unpaired) electrons. The maximum Gasteiger partial charge on any atom is 0.0690 e. The van der Waals surface area contributed by atoms with Gasteiger partial charge in [-0.3, -0.25) is 10.2 Å². The lowest BCUT2D eigenvalue weighted by Crippen LogP contribution is -1.63. The molecule has 3 rings (SSSR count). The average molecular weight is 187 g/mol. The molecule has 0 amide bonds. The lowest BCUT2D eigenvalue weighted by atomic mass is 10.3. The molecule has 3 aromatic rings. The van der Waals surface area contributed by atoms with Crippen LogP contribution < -0.4 is 0 Å². The Labute approximate surface area is 80.2 Å². The maximum absolute atomic E-state index is 3.88. The van der Waals surface area contributed by atoms with Crippen LogP contribution in [-0.4, -0.2) is 25.6 Å². The van der Waals surface area contributed by atoms with E-state index in [1.807, 2.05) is 30.5 Å². The molecule has 0 saturated carbocycles. The third-order valence-corrected chi connectivity index (χ3v) is 1.68. The van der Waals surface area contributed by atoms with E-state index in [2.05, 4.69) is 25.6 Å². The molecule has 0 spiro atoms. The van der Waals surface area contributed by atoms with Gasteiger partial charge in [0.05, 0.1) is 17.9 Å². The average Bonchev–Trinajstić information content (AvgIpc) is 2.92. The number of rotatable bonds is 0. The summed E-state index contributed by atoms with van der Waals surface area (Å²) in [6, 6.07) is 8.01. The molecule has 0 fully saturated rings. The fraction of sp³-hybridized carbons (Fsp3) is 0. The second-order valence-corrected chi connectivity index (χ2v) is 2.62. The number of H-pyrrole nitrogens is 2. The van der Waals surface area contributed by atoms with Crippen molar-refractivity contribution in [1.82, 2.24) is 25.6 Å². The number of aromatic nitrogens is 5. The molecule has 14 heavy (non-hydrogen) atoms. The number of nitrogens with one attached hydrogen (secondary N) is 2. The van der Waals surface area contributed by atoms with Crippen LogP contribution in [0.1, 0.15) is 0 Å². The van der Waals surface area contributed by atoms with Crippen LogP contribution in [0.4, 0.5) is 0 Å². The highest BCUT2D eigenvalue weighted by Gasteiger charge is 1.88. The van der Waals surface area contributed by atoms with Gasteiger partial charge in [0.1, 0.15) is 0 Å². The molecule has 5 nitrogen and oxygen atoms in total. The zero-order chi connectivity index (χ0) is 9.64. The Balaban J connectivity index is 0.000000128. The minimum Gasteiger partial charge on any atom is -0.278 e. The third-order valence-electron chi connectivity index (χ3n) is 1.68. The van der Waals surface area contributed by atoms with Crippen molar-refractivity contribution in [1.29, 1.82) is 0 Å². The molecule has 5 heteroatoms. The SMILES string of the molecule is c1c[nH]nn1.c1ccc2[nH]ncc2c1. The molecule has 70 valence electrons. The smallest absolute Gasteiger partial charge is 0.0690 e. The number of para-hydroxylation sites is 1.